The molecular weight excluding hydrogens is 1850 g/mol. The molecule has 1 aliphatic rings. The molecule has 2 heterocycles. The topological polar surface area (TPSA) is 83.6 Å². The molecule has 0 aliphatic carbocycles. The summed E-state index contributed by atoms with van der Waals surface area (Å²) in [6, 6.07) is 122. The number of nitrogens with zero attached hydrogens (tertiary/aromatic N) is 3. The van der Waals surface area contributed by atoms with Crippen LogP contribution >= 0.6 is 11.3 Å². The van der Waals surface area contributed by atoms with E-state index in [1.165, 1.54) is 86.3 Å². The van der Waals surface area contributed by atoms with Crippen molar-refractivity contribution in [1.82, 2.24) is 0 Å². The fraction of sp³-hybridized carbons (Fsp3) is 0.241. The van der Waals surface area contributed by atoms with Crippen LogP contribution in [-0.4, -0.2) is 55.4 Å². The molecule has 774 valence electrons. The smallest absolute Gasteiger partial charge is 0.180 e. The Morgan fingerprint density at radius 1 is 0.262 bits per heavy atom. The van der Waals surface area contributed by atoms with Crippen molar-refractivity contribution in [3.63, 3.8) is 0 Å². The van der Waals surface area contributed by atoms with E-state index in [1.54, 1.807) is 46.9 Å². The summed E-state index contributed by atoms with van der Waals surface area (Å²) in [6.07, 6.45) is 38.1. The summed E-state index contributed by atoms with van der Waals surface area (Å²) in [6.45, 7) is 40.6. The summed E-state index contributed by atoms with van der Waals surface area (Å²) in [7, 11) is 8.32. The number of hydrogen-bond acceptors (Lipinski definition) is 12. The standard InChI is InChI=1S/C29H35N.C23H23NO2.C21H19N.C17H18O4S.C15H22O.C13H18.C10H12O.C9H10/c1-8-9-22-10-16-25(17-11-22)30(26-18-12-23(13-19-26)28(2,3)4)27-20-14-24(15-21-27)29(5,6)7;1-4-5-18-6-8-19(9-7-18)24(20-10-14-22(25-2)15-11-20)21-12-16-23(26-3)17-13-21;1-2-9-18-14-16-21(17-15-18)22(19-10-5-3-6-11-19)20-12-7-4-8-13-20;1-4-5-14-15-16(21-9-8-20-15)17(22-14)12-7-6-11(18-2)10-13(12)19-3;1-3-5-6-7-13-16-15-11-9-14(8-4-2)10-12-15;1-5-6-11-7-9-12(10-8-11)13(2,3)4;1-3-4-9-5-7-10(11-2)8-6-9;1-2-6-9-7-4-3-5-8-9/h8-21H,1-7H3;4-17H,1-3H3;2-17H,1H3;4-7,10H,8-9H2,1-3H3;4,8-12H,3,5-7,13H2,1-2H3;5-10H,1-4H3;3-8H,1-2H3;2-8H,1H3/b9-8+;5-4+;9-2+;5-4+;8-4+;6-5+;4-3+;6-2+. The van der Waals surface area contributed by atoms with Crippen LogP contribution in [-0.2, 0) is 16.2 Å². The molecule has 14 aromatic carbocycles. The van der Waals surface area contributed by atoms with Gasteiger partial charge in [0.15, 0.2) is 11.5 Å². The van der Waals surface area contributed by atoms with Gasteiger partial charge in [-0.15, -0.1) is 11.3 Å². The van der Waals surface area contributed by atoms with Crippen LogP contribution in [0.1, 0.15) is 211 Å². The first-order valence-electron chi connectivity index (χ1n) is 51.7. The van der Waals surface area contributed by atoms with Crippen LogP contribution in [0.25, 0.3) is 59.0 Å². The molecule has 0 bridgehead atoms. The normalized spacial score (nSPS) is 11.6. The van der Waals surface area contributed by atoms with E-state index in [0.29, 0.717) is 13.2 Å². The van der Waals surface area contributed by atoms with Gasteiger partial charge < -0.3 is 52.6 Å². The van der Waals surface area contributed by atoms with Gasteiger partial charge in [-0.3, -0.25) is 0 Å². The maximum Gasteiger partial charge on any atom is 0.180 e. The van der Waals surface area contributed by atoms with Crippen LogP contribution in [0.15, 0.2) is 400 Å². The van der Waals surface area contributed by atoms with Gasteiger partial charge in [-0.05, 0) is 310 Å². The van der Waals surface area contributed by atoms with Crippen LogP contribution < -0.4 is 52.6 Å². The second-order valence-corrected chi connectivity index (χ2v) is 39.2. The summed E-state index contributed by atoms with van der Waals surface area (Å²) >= 11 is 1.64. The van der Waals surface area contributed by atoms with E-state index >= 15 is 0 Å². The molecule has 15 aromatic rings. The predicted octanol–water partition coefficient (Wildman–Crippen LogP) is 39.6. The van der Waals surface area contributed by atoms with E-state index < -0.39 is 0 Å². The maximum atomic E-state index is 5.86. The van der Waals surface area contributed by atoms with Crippen molar-refractivity contribution >= 4 is 111 Å². The molecule has 12 heteroatoms. The number of thiophene rings is 1. The lowest BCUT2D eigenvalue weighted by atomic mass is 9.86. The number of hydrogen-bond donors (Lipinski definition) is 0. The largest absolute Gasteiger partial charge is 0.497 e. The molecule has 0 saturated heterocycles. The Labute approximate surface area is 896 Å². The zero-order valence-corrected chi connectivity index (χ0v) is 93.0. The van der Waals surface area contributed by atoms with E-state index in [9.17, 15) is 0 Å². The Bertz CT molecular complexity index is 6440. The molecule has 0 saturated carbocycles. The summed E-state index contributed by atoms with van der Waals surface area (Å²) in [5, 5.41) is 0. The lowest BCUT2D eigenvalue weighted by Gasteiger charge is -2.28. The second-order valence-electron chi connectivity index (χ2n) is 38.2. The minimum Gasteiger partial charge on any atom is -0.497 e. The number of benzene rings is 14. The zero-order valence-electron chi connectivity index (χ0n) is 92.2. The first kappa shape index (κ1) is 117. The van der Waals surface area contributed by atoms with Crippen molar-refractivity contribution in [2.45, 2.75) is 167 Å². The third-order valence-corrected chi connectivity index (χ3v) is 25.0. The first-order valence-corrected chi connectivity index (χ1v) is 52.5. The Hall–Kier alpha value is -15.5. The predicted molar refractivity (Wildman–Crippen MR) is 646 cm³/mol. The molecule has 149 heavy (non-hydrogen) atoms. The Morgan fingerprint density at radius 3 is 0.819 bits per heavy atom. The Morgan fingerprint density at radius 2 is 0.517 bits per heavy atom. The highest BCUT2D eigenvalue weighted by atomic mass is 32.1. The van der Waals surface area contributed by atoms with Crippen molar-refractivity contribution in [2.24, 2.45) is 0 Å². The van der Waals surface area contributed by atoms with Gasteiger partial charge in [-0.2, -0.15) is 0 Å². The van der Waals surface area contributed by atoms with E-state index in [4.69, 9.17) is 37.9 Å². The summed E-state index contributed by atoms with van der Waals surface area (Å²) in [5.74, 6) is 6.69. The van der Waals surface area contributed by atoms with Gasteiger partial charge in [-0.25, -0.2) is 0 Å². The highest BCUT2D eigenvalue weighted by Crippen LogP contribution is 2.53. The van der Waals surface area contributed by atoms with E-state index in [-0.39, 0.29) is 16.2 Å². The average molecular weight is 2010 g/mol. The highest BCUT2D eigenvalue weighted by Gasteiger charge is 2.27. The van der Waals surface area contributed by atoms with Crippen molar-refractivity contribution in [1.29, 1.82) is 0 Å². The van der Waals surface area contributed by atoms with Crippen LogP contribution in [0.5, 0.6) is 46.0 Å². The number of allylic oxidation sites excluding steroid dienone is 8. The van der Waals surface area contributed by atoms with Gasteiger partial charge in [0, 0.05) is 62.8 Å². The van der Waals surface area contributed by atoms with Gasteiger partial charge in [0.1, 0.15) is 47.7 Å². The maximum absolute atomic E-state index is 5.86. The van der Waals surface area contributed by atoms with E-state index in [2.05, 4.69) is 387 Å². The number of methoxy groups -OCH3 is 5. The van der Waals surface area contributed by atoms with E-state index in [0.717, 1.165) is 114 Å². The van der Waals surface area contributed by atoms with Crippen molar-refractivity contribution in [3.8, 4) is 56.4 Å². The monoisotopic (exact) mass is 2000 g/mol. The Balaban J connectivity index is 0.000000194. The minimum atomic E-state index is 0.145. The third kappa shape index (κ3) is 38.1. The fourth-order valence-corrected chi connectivity index (χ4v) is 17.1. The number of ether oxygens (including phenoxy) is 8. The molecule has 0 atom stereocenters. The number of unbranched alkanes of at least 4 members (excludes halogenated alkanes) is 3. The van der Waals surface area contributed by atoms with Gasteiger partial charge in [0.25, 0.3) is 0 Å². The quantitative estimate of drug-likeness (QED) is 0.0420. The SMILES string of the molecule is C/C=C/c1ccc(C(C)(C)C)cc1.C/C=C/c1ccc(N(c2ccc(C(C)(C)C)cc2)c2ccc(C(C)(C)C)cc2)cc1.C/C=C/c1ccc(N(c2ccc(OC)cc2)c2ccc(OC)cc2)cc1.C/C=C/c1ccc(N(c2ccccc2)c2ccccc2)cc1.C/C=C/c1ccc(OC)cc1.C/C=C/c1ccc(OCCCCCC)cc1.C/C=C/c1ccccc1.C/C=C/c1sc(-c2ccc(OC)cc2OC)c2c1OCCO2. The van der Waals surface area contributed by atoms with Crippen LogP contribution in [0, 0.1) is 0 Å². The first-order chi connectivity index (χ1) is 72.2. The lowest BCUT2D eigenvalue weighted by molar-refractivity contribution is 0.174. The molecule has 0 amide bonds. The van der Waals surface area contributed by atoms with Gasteiger partial charge in [0.2, 0.25) is 0 Å². The van der Waals surface area contributed by atoms with Crippen molar-refractivity contribution in [2.75, 3.05) is 70.1 Å². The molecule has 0 unspecified atom stereocenters. The molecule has 16 rings (SSSR count). The molecule has 0 spiro atoms. The third-order valence-electron chi connectivity index (χ3n) is 23.9. The Kier molecular flexibility index (Phi) is 49.1. The molecular formula is C137H157N3O8S. The second kappa shape index (κ2) is 62.5. The summed E-state index contributed by atoms with van der Waals surface area (Å²) < 4.78 is 43.7. The van der Waals surface area contributed by atoms with Crippen LogP contribution in [0.4, 0.5) is 51.2 Å². The highest BCUT2D eigenvalue weighted by molar-refractivity contribution is 7.17. The number of rotatable bonds is 29. The molecule has 1 aliphatic heterocycles. The number of para-hydroxylation sites is 2. The summed E-state index contributed by atoms with van der Waals surface area (Å²) in [5.41, 5.74) is 24.4. The number of anilines is 9. The van der Waals surface area contributed by atoms with E-state index in [1.807, 2.05) is 201 Å². The van der Waals surface area contributed by atoms with Crippen molar-refractivity contribution in [3.05, 3.63) is 461 Å². The summed E-state index contributed by atoms with van der Waals surface area (Å²) in [4.78, 5) is 8.88. The average Bonchev–Trinajstić information content (AvgIpc) is 1.56. The molecule has 0 radical (unpaired) electrons. The molecule has 0 fully saturated rings. The van der Waals surface area contributed by atoms with Gasteiger partial charge >= 0.3 is 0 Å². The molecule has 11 nitrogen and oxygen atoms in total. The minimum absolute atomic E-state index is 0.145. The van der Waals surface area contributed by atoms with Gasteiger partial charge in [-0.1, -0.05) is 356 Å². The van der Waals surface area contributed by atoms with Crippen molar-refractivity contribution < 1.29 is 37.9 Å². The fourth-order valence-electron chi connectivity index (χ4n) is 15.9. The van der Waals surface area contributed by atoms with Crippen LogP contribution in [0.2, 0.25) is 0 Å². The lowest BCUT2D eigenvalue weighted by Crippen LogP contribution is -2.14. The number of fused-ring (bicyclic) bond motifs is 1. The molecule has 1 aromatic heterocycles. The molecule has 0 N–H and O–H groups in total. The van der Waals surface area contributed by atoms with Gasteiger partial charge in [0.05, 0.1) is 51.9 Å². The zero-order chi connectivity index (χ0) is 107. The van der Waals surface area contributed by atoms with Crippen LogP contribution in [0.3, 0.4) is 0 Å².